The minimum atomic E-state index is -0.169. The molecule has 0 aromatic rings. The first kappa shape index (κ1) is 24.2. The highest BCUT2D eigenvalue weighted by molar-refractivity contribution is 5.69. The van der Waals surface area contributed by atoms with Gasteiger partial charge in [0.05, 0.1) is 0 Å². The van der Waals surface area contributed by atoms with Gasteiger partial charge in [0.1, 0.15) is 5.60 Å². The molecule has 0 aliphatic heterocycles. The van der Waals surface area contributed by atoms with Crippen LogP contribution in [0.25, 0.3) is 0 Å². The van der Waals surface area contributed by atoms with Crippen molar-refractivity contribution in [2.45, 2.75) is 141 Å². The Morgan fingerprint density at radius 2 is 1.30 bits per heavy atom. The maximum atomic E-state index is 12.0. The van der Waals surface area contributed by atoms with E-state index in [-0.39, 0.29) is 11.6 Å². The van der Waals surface area contributed by atoms with Crippen LogP contribution in [0.4, 0.5) is 0 Å². The van der Waals surface area contributed by atoms with Crippen LogP contribution >= 0.6 is 0 Å². The summed E-state index contributed by atoms with van der Waals surface area (Å²) in [7, 11) is 0. The third kappa shape index (κ3) is 13.9. The van der Waals surface area contributed by atoms with Crippen molar-refractivity contribution in [1.82, 2.24) is 0 Å². The normalized spacial score (nSPS) is 16.7. The summed E-state index contributed by atoms with van der Waals surface area (Å²) in [5.41, 5.74) is -0.169. The Morgan fingerprint density at radius 1 is 0.778 bits per heavy atom. The molecule has 27 heavy (non-hydrogen) atoms. The summed E-state index contributed by atoms with van der Waals surface area (Å²) >= 11 is 0. The third-order valence-corrected chi connectivity index (χ3v) is 5.91. The molecular weight excluding hydrogens is 332 g/mol. The molecule has 1 aliphatic rings. The summed E-state index contributed by atoms with van der Waals surface area (Å²) in [6.45, 7) is 4.39. The maximum Gasteiger partial charge on any atom is 0.306 e. The number of allylic oxidation sites excluding steroid dienone is 2. The van der Waals surface area contributed by atoms with Crippen LogP contribution in [0.15, 0.2) is 12.2 Å². The lowest BCUT2D eigenvalue weighted by atomic mass is 9.86. The van der Waals surface area contributed by atoms with Gasteiger partial charge in [0, 0.05) is 6.42 Å². The zero-order valence-electron chi connectivity index (χ0n) is 18.4. The fraction of sp³-hybridized carbons (Fsp3) is 0.880. The number of hydrogen-bond acceptors (Lipinski definition) is 2. The largest absolute Gasteiger partial charge is 0.459 e. The molecular formula is C25H46O2. The second-order valence-corrected chi connectivity index (χ2v) is 8.82. The van der Waals surface area contributed by atoms with Crippen molar-refractivity contribution >= 4 is 5.97 Å². The molecule has 0 spiro atoms. The quantitative estimate of drug-likeness (QED) is 0.153. The number of carbonyl (C=O) groups is 1. The van der Waals surface area contributed by atoms with Crippen LogP contribution in [0.3, 0.4) is 0 Å². The Hall–Kier alpha value is -0.790. The van der Waals surface area contributed by atoms with Crippen molar-refractivity contribution in [2.24, 2.45) is 0 Å². The SMILES string of the molecule is CCCCCCCC/C=C\CCCCCCCC(=O)OC1(C)CCCCC1. The van der Waals surface area contributed by atoms with Crippen LogP contribution in [0.1, 0.15) is 136 Å². The summed E-state index contributed by atoms with van der Waals surface area (Å²) in [5, 5.41) is 0. The topological polar surface area (TPSA) is 26.3 Å². The Labute approximate surface area is 169 Å². The first-order chi connectivity index (χ1) is 13.2. The molecule has 0 atom stereocenters. The number of esters is 1. The smallest absolute Gasteiger partial charge is 0.306 e. The van der Waals surface area contributed by atoms with E-state index in [0.29, 0.717) is 6.42 Å². The number of rotatable bonds is 16. The predicted octanol–water partition coefficient (Wildman–Crippen LogP) is 8.29. The van der Waals surface area contributed by atoms with Crippen LogP contribution < -0.4 is 0 Å². The zero-order chi connectivity index (χ0) is 19.6. The van der Waals surface area contributed by atoms with Gasteiger partial charge in [-0.25, -0.2) is 0 Å². The summed E-state index contributed by atoms with van der Waals surface area (Å²) in [6, 6.07) is 0. The molecule has 2 nitrogen and oxygen atoms in total. The average Bonchev–Trinajstić information content (AvgIpc) is 2.65. The molecule has 0 aromatic heterocycles. The standard InChI is InChI=1S/C25H46O2/c1-3-4-5-6-7-8-9-10-11-12-13-14-15-16-18-21-24(26)27-25(2)22-19-17-20-23-25/h10-11H,3-9,12-23H2,1-2H3/b11-10-. The summed E-state index contributed by atoms with van der Waals surface area (Å²) in [5.74, 6) is 0.0250. The Balaban J connectivity index is 1.84. The average molecular weight is 379 g/mol. The van der Waals surface area contributed by atoms with E-state index in [1.165, 1.54) is 89.9 Å². The van der Waals surface area contributed by atoms with E-state index in [0.717, 1.165) is 25.7 Å². The lowest BCUT2D eigenvalue weighted by molar-refractivity contribution is -0.161. The first-order valence-electron chi connectivity index (χ1n) is 12.0. The van der Waals surface area contributed by atoms with Crippen LogP contribution in [-0.2, 0) is 9.53 Å². The van der Waals surface area contributed by atoms with Gasteiger partial charge >= 0.3 is 5.97 Å². The highest BCUT2D eigenvalue weighted by atomic mass is 16.6. The highest BCUT2D eigenvalue weighted by Gasteiger charge is 2.30. The lowest BCUT2D eigenvalue weighted by Crippen LogP contribution is -2.33. The second kappa shape index (κ2) is 16.2. The van der Waals surface area contributed by atoms with Crippen LogP contribution in [0.2, 0.25) is 0 Å². The molecule has 0 bridgehead atoms. The van der Waals surface area contributed by atoms with Crippen molar-refractivity contribution < 1.29 is 9.53 Å². The van der Waals surface area contributed by atoms with Crippen molar-refractivity contribution in [2.75, 3.05) is 0 Å². The van der Waals surface area contributed by atoms with E-state index in [1.54, 1.807) is 0 Å². The van der Waals surface area contributed by atoms with E-state index in [1.807, 2.05) is 0 Å². The predicted molar refractivity (Wildman–Crippen MR) is 117 cm³/mol. The van der Waals surface area contributed by atoms with Gasteiger partial charge in [0.25, 0.3) is 0 Å². The van der Waals surface area contributed by atoms with E-state index in [9.17, 15) is 4.79 Å². The highest BCUT2D eigenvalue weighted by Crippen LogP contribution is 2.31. The molecule has 1 aliphatic carbocycles. The Morgan fingerprint density at radius 3 is 1.89 bits per heavy atom. The fourth-order valence-corrected chi connectivity index (χ4v) is 4.07. The monoisotopic (exact) mass is 378 g/mol. The first-order valence-corrected chi connectivity index (χ1v) is 12.0. The molecule has 1 saturated carbocycles. The van der Waals surface area contributed by atoms with Gasteiger partial charge in [0.2, 0.25) is 0 Å². The summed E-state index contributed by atoms with van der Waals surface area (Å²) < 4.78 is 5.75. The van der Waals surface area contributed by atoms with Gasteiger partial charge in [-0.1, -0.05) is 76.9 Å². The molecule has 0 heterocycles. The van der Waals surface area contributed by atoms with E-state index < -0.39 is 0 Å². The Bertz CT molecular complexity index is 380. The van der Waals surface area contributed by atoms with E-state index >= 15 is 0 Å². The van der Waals surface area contributed by atoms with Gasteiger partial charge < -0.3 is 4.74 Å². The minimum absolute atomic E-state index is 0.0250. The number of hydrogen-bond donors (Lipinski definition) is 0. The van der Waals surface area contributed by atoms with Crippen molar-refractivity contribution in [3.63, 3.8) is 0 Å². The van der Waals surface area contributed by atoms with Gasteiger partial charge in [0.15, 0.2) is 0 Å². The van der Waals surface area contributed by atoms with Gasteiger partial charge in [-0.05, 0) is 64.7 Å². The van der Waals surface area contributed by atoms with Crippen LogP contribution in [0, 0.1) is 0 Å². The lowest BCUT2D eigenvalue weighted by Gasteiger charge is -2.33. The number of ether oxygens (including phenoxy) is 1. The molecule has 0 amide bonds. The number of unbranched alkanes of at least 4 members (excludes halogenated alkanes) is 11. The molecule has 158 valence electrons. The van der Waals surface area contributed by atoms with Crippen molar-refractivity contribution in [3.8, 4) is 0 Å². The maximum absolute atomic E-state index is 12.0. The molecule has 2 heteroatoms. The minimum Gasteiger partial charge on any atom is -0.459 e. The molecule has 0 aromatic carbocycles. The molecule has 1 rings (SSSR count). The molecule has 1 fully saturated rings. The second-order valence-electron chi connectivity index (χ2n) is 8.82. The van der Waals surface area contributed by atoms with Crippen molar-refractivity contribution in [3.05, 3.63) is 12.2 Å². The Kier molecular flexibility index (Phi) is 14.5. The van der Waals surface area contributed by atoms with E-state index in [2.05, 4.69) is 26.0 Å². The molecule has 0 radical (unpaired) electrons. The summed E-state index contributed by atoms with van der Waals surface area (Å²) in [4.78, 5) is 12.0. The van der Waals surface area contributed by atoms with E-state index in [4.69, 9.17) is 4.74 Å². The zero-order valence-corrected chi connectivity index (χ0v) is 18.4. The molecule has 0 N–H and O–H groups in total. The third-order valence-electron chi connectivity index (χ3n) is 5.91. The molecule has 0 saturated heterocycles. The molecule has 0 unspecified atom stereocenters. The van der Waals surface area contributed by atoms with Gasteiger partial charge in [-0.2, -0.15) is 0 Å². The van der Waals surface area contributed by atoms with Gasteiger partial charge in [-0.3, -0.25) is 4.79 Å². The fourth-order valence-electron chi connectivity index (χ4n) is 4.07. The number of carbonyl (C=O) groups excluding carboxylic acids is 1. The summed E-state index contributed by atoms with van der Waals surface area (Å²) in [6.07, 6.45) is 27.9. The van der Waals surface area contributed by atoms with Crippen molar-refractivity contribution in [1.29, 1.82) is 0 Å². The van der Waals surface area contributed by atoms with Crippen LogP contribution in [0.5, 0.6) is 0 Å². The van der Waals surface area contributed by atoms with Crippen LogP contribution in [-0.4, -0.2) is 11.6 Å². The van der Waals surface area contributed by atoms with Gasteiger partial charge in [-0.15, -0.1) is 0 Å².